The Hall–Kier alpha value is -3.07. The maximum absolute atomic E-state index is 14.1. The fourth-order valence-corrected chi connectivity index (χ4v) is 6.02. The number of benzene rings is 3. The van der Waals surface area contributed by atoms with Gasteiger partial charge in [0.2, 0.25) is 11.8 Å². The first-order valence-corrected chi connectivity index (χ1v) is 15.8. The Morgan fingerprint density at radius 2 is 1.49 bits per heavy atom. The molecular weight excluding hydrogens is 581 g/mol. The van der Waals surface area contributed by atoms with Gasteiger partial charge in [0.1, 0.15) is 12.6 Å². The fraction of sp³-hybridized carbons (Fsp3) is 0.355. The molecule has 0 aromatic heterocycles. The second kappa shape index (κ2) is 14.7. The summed E-state index contributed by atoms with van der Waals surface area (Å²) in [4.78, 5) is 28.8. The van der Waals surface area contributed by atoms with Crippen LogP contribution in [-0.4, -0.2) is 44.3 Å². The molecule has 0 aliphatic carbocycles. The smallest absolute Gasteiger partial charge is 0.264 e. The average molecular weight is 619 g/mol. The zero-order chi connectivity index (χ0) is 30.2. The van der Waals surface area contributed by atoms with Crippen LogP contribution in [0, 0.1) is 13.8 Å². The normalized spacial score (nSPS) is 12.0. The Morgan fingerprint density at radius 1 is 0.878 bits per heavy atom. The van der Waals surface area contributed by atoms with Crippen LogP contribution in [-0.2, 0) is 26.2 Å². The summed E-state index contributed by atoms with van der Waals surface area (Å²) in [5.74, 6) is -0.797. The third-order valence-electron chi connectivity index (χ3n) is 6.77. The topological polar surface area (TPSA) is 86.8 Å². The molecule has 0 fully saturated rings. The largest absolute Gasteiger partial charge is 0.354 e. The molecule has 0 radical (unpaired) electrons. The minimum atomic E-state index is -4.19. The molecule has 0 bridgehead atoms. The zero-order valence-corrected chi connectivity index (χ0v) is 26.2. The van der Waals surface area contributed by atoms with Crippen molar-refractivity contribution < 1.29 is 18.0 Å². The van der Waals surface area contributed by atoms with Gasteiger partial charge in [-0.15, -0.1) is 0 Å². The number of anilines is 1. The lowest BCUT2D eigenvalue weighted by Crippen LogP contribution is -2.52. The summed E-state index contributed by atoms with van der Waals surface area (Å²) in [5, 5.41) is 3.33. The number of sulfonamides is 1. The second-order valence-electron chi connectivity index (χ2n) is 10.00. The molecule has 3 aromatic carbocycles. The molecule has 1 N–H and O–H groups in total. The number of nitrogens with zero attached hydrogens (tertiary/aromatic N) is 2. The Bertz CT molecular complexity index is 1450. The molecule has 1 atom stereocenters. The van der Waals surface area contributed by atoms with Crippen molar-refractivity contribution in [2.75, 3.05) is 17.4 Å². The number of carbonyl (C=O) groups excluding carboxylic acids is 2. The van der Waals surface area contributed by atoms with Crippen molar-refractivity contribution in [2.24, 2.45) is 0 Å². The molecule has 3 aromatic rings. The zero-order valence-electron chi connectivity index (χ0n) is 23.9. The lowest BCUT2D eigenvalue weighted by Gasteiger charge is -2.33. The highest BCUT2D eigenvalue weighted by atomic mass is 35.5. The molecule has 0 unspecified atom stereocenters. The van der Waals surface area contributed by atoms with Crippen molar-refractivity contribution in [3.05, 3.63) is 93.5 Å². The van der Waals surface area contributed by atoms with Crippen LogP contribution in [0.1, 0.15) is 49.8 Å². The summed E-state index contributed by atoms with van der Waals surface area (Å²) in [6, 6.07) is 17.7. The molecule has 0 saturated carbocycles. The predicted molar refractivity (Wildman–Crippen MR) is 166 cm³/mol. The molecular formula is C31H37Cl2N3O4S. The van der Waals surface area contributed by atoms with Crippen molar-refractivity contribution in [1.82, 2.24) is 10.2 Å². The van der Waals surface area contributed by atoms with E-state index in [-0.39, 0.29) is 33.1 Å². The van der Waals surface area contributed by atoms with E-state index in [1.807, 2.05) is 52.0 Å². The monoisotopic (exact) mass is 617 g/mol. The maximum atomic E-state index is 14.1. The molecule has 3 rings (SSSR count). The number of unbranched alkanes of at least 4 members (excludes halogenated alkanes) is 1. The summed E-state index contributed by atoms with van der Waals surface area (Å²) >= 11 is 12.4. The number of aryl methyl sites for hydroxylation is 2. The van der Waals surface area contributed by atoms with Crippen molar-refractivity contribution in [3.8, 4) is 0 Å². The van der Waals surface area contributed by atoms with Crippen LogP contribution in [0.3, 0.4) is 0 Å². The minimum absolute atomic E-state index is 0.0245. The van der Waals surface area contributed by atoms with Crippen LogP contribution in [0.5, 0.6) is 0 Å². The third-order valence-corrected chi connectivity index (χ3v) is 9.30. The number of nitrogens with one attached hydrogen (secondary N) is 1. The average Bonchev–Trinajstić information content (AvgIpc) is 2.94. The number of rotatable bonds is 13. The summed E-state index contributed by atoms with van der Waals surface area (Å²) in [5.41, 5.74) is 2.96. The van der Waals surface area contributed by atoms with Crippen LogP contribution in [0.15, 0.2) is 71.6 Å². The van der Waals surface area contributed by atoms with Gasteiger partial charge in [-0.2, -0.15) is 0 Å². The van der Waals surface area contributed by atoms with Crippen LogP contribution >= 0.6 is 23.2 Å². The molecule has 0 spiro atoms. The molecule has 10 heteroatoms. The lowest BCUT2D eigenvalue weighted by atomic mass is 10.1. The van der Waals surface area contributed by atoms with E-state index in [0.717, 1.165) is 33.8 Å². The summed E-state index contributed by atoms with van der Waals surface area (Å²) in [7, 11) is -4.19. The minimum Gasteiger partial charge on any atom is -0.354 e. The Kier molecular flexibility index (Phi) is 11.6. The molecule has 0 aliphatic heterocycles. The van der Waals surface area contributed by atoms with Crippen molar-refractivity contribution >= 4 is 50.7 Å². The lowest BCUT2D eigenvalue weighted by molar-refractivity contribution is -0.140. The predicted octanol–water partition coefficient (Wildman–Crippen LogP) is 6.53. The van der Waals surface area contributed by atoms with Crippen molar-refractivity contribution in [2.45, 2.75) is 64.4 Å². The van der Waals surface area contributed by atoms with Crippen LogP contribution in [0.4, 0.5) is 5.69 Å². The standard InChI is InChI=1S/C31H37Cl2N3O4S/c1-5-7-18-34-31(38)29(6-2)35(20-24-12-8-22(3)9-13-24)30(37)21-36(25-14-17-27(32)28(33)19-25)41(39,40)26-15-10-23(4)11-16-26/h8-17,19,29H,5-7,18,20-21H2,1-4H3,(H,34,38)/t29-/m1/s1. The highest BCUT2D eigenvalue weighted by Gasteiger charge is 2.33. The van der Waals surface area contributed by atoms with Crippen LogP contribution < -0.4 is 9.62 Å². The van der Waals surface area contributed by atoms with Gasteiger partial charge in [0.05, 0.1) is 20.6 Å². The number of halogens is 2. The Balaban J connectivity index is 2.05. The second-order valence-corrected chi connectivity index (χ2v) is 12.7. The Labute approximate surface area is 253 Å². The van der Waals surface area contributed by atoms with E-state index >= 15 is 0 Å². The van der Waals surface area contributed by atoms with E-state index in [1.165, 1.54) is 35.2 Å². The van der Waals surface area contributed by atoms with Gasteiger partial charge in [-0.25, -0.2) is 8.42 Å². The quantitative estimate of drug-likeness (QED) is 0.221. The summed E-state index contributed by atoms with van der Waals surface area (Å²) < 4.78 is 28.9. The van der Waals surface area contributed by atoms with E-state index in [0.29, 0.717) is 13.0 Å². The molecule has 0 aliphatic rings. The highest BCUT2D eigenvalue weighted by Crippen LogP contribution is 2.31. The summed E-state index contributed by atoms with van der Waals surface area (Å²) in [6.07, 6.45) is 2.08. The first-order valence-electron chi connectivity index (χ1n) is 13.6. The molecule has 7 nitrogen and oxygen atoms in total. The first-order chi connectivity index (χ1) is 19.5. The Morgan fingerprint density at radius 3 is 2.05 bits per heavy atom. The van der Waals surface area contributed by atoms with E-state index < -0.39 is 28.5 Å². The van der Waals surface area contributed by atoms with Crippen LogP contribution in [0.25, 0.3) is 0 Å². The molecule has 2 amide bonds. The van der Waals surface area contributed by atoms with Crippen molar-refractivity contribution in [1.29, 1.82) is 0 Å². The van der Waals surface area contributed by atoms with E-state index in [4.69, 9.17) is 23.2 Å². The van der Waals surface area contributed by atoms with Gasteiger partial charge in [0.15, 0.2) is 0 Å². The van der Waals surface area contributed by atoms with Crippen LogP contribution in [0.2, 0.25) is 10.0 Å². The van der Waals surface area contributed by atoms with Gasteiger partial charge in [-0.3, -0.25) is 13.9 Å². The SMILES string of the molecule is CCCCNC(=O)[C@@H](CC)N(Cc1ccc(C)cc1)C(=O)CN(c1ccc(Cl)c(Cl)c1)S(=O)(=O)c1ccc(C)cc1. The van der Waals surface area contributed by atoms with E-state index in [9.17, 15) is 18.0 Å². The number of hydrogen-bond donors (Lipinski definition) is 1. The highest BCUT2D eigenvalue weighted by molar-refractivity contribution is 7.92. The fourth-order valence-electron chi connectivity index (χ4n) is 4.32. The molecule has 0 heterocycles. The van der Waals surface area contributed by atoms with Gasteiger partial charge in [0.25, 0.3) is 10.0 Å². The molecule has 41 heavy (non-hydrogen) atoms. The maximum Gasteiger partial charge on any atom is 0.264 e. The van der Waals surface area contributed by atoms with Gasteiger partial charge in [0, 0.05) is 13.1 Å². The van der Waals surface area contributed by atoms with E-state index in [1.54, 1.807) is 12.1 Å². The summed E-state index contributed by atoms with van der Waals surface area (Å²) in [6.45, 7) is 7.78. The molecule has 220 valence electrons. The number of hydrogen-bond acceptors (Lipinski definition) is 4. The van der Waals surface area contributed by atoms with Gasteiger partial charge >= 0.3 is 0 Å². The first kappa shape index (κ1) is 32.4. The molecule has 0 saturated heterocycles. The number of carbonyl (C=O) groups is 2. The van der Waals surface area contributed by atoms with E-state index in [2.05, 4.69) is 5.32 Å². The third kappa shape index (κ3) is 8.47. The van der Waals surface area contributed by atoms with Gasteiger partial charge in [-0.05, 0) is 62.6 Å². The van der Waals surface area contributed by atoms with Gasteiger partial charge < -0.3 is 10.2 Å². The number of amides is 2. The van der Waals surface area contributed by atoms with Crippen molar-refractivity contribution in [3.63, 3.8) is 0 Å². The van der Waals surface area contributed by atoms with Gasteiger partial charge in [-0.1, -0.05) is 91.0 Å².